The largest absolute Gasteiger partial charge is 0.454 e. The maximum absolute atomic E-state index is 12.4. The monoisotopic (exact) mass is 325 g/mol. The minimum absolute atomic E-state index is 0.0656. The van der Waals surface area contributed by atoms with Crippen LogP contribution in [-0.2, 0) is 11.2 Å². The number of rotatable bonds is 3. The third kappa shape index (κ3) is 2.71. The molecule has 0 aromatic heterocycles. The molecule has 0 fully saturated rings. The van der Waals surface area contributed by atoms with E-state index in [-0.39, 0.29) is 12.7 Å². The van der Waals surface area contributed by atoms with Crippen molar-refractivity contribution in [2.45, 2.75) is 12.8 Å². The molecule has 124 valence electrons. The highest BCUT2D eigenvalue weighted by Crippen LogP contribution is 2.34. The first kappa shape index (κ1) is 14.7. The predicted molar refractivity (Wildman–Crippen MR) is 92.6 cm³/mol. The van der Waals surface area contributed by atoms with Gasteiger partial charge in [-0.05, 0) is 42.7 Å². The molecule has 3 N–H and O–H groups in total. The summed E-state index contributed by atoms with van der Waals surface area (Å²) in [5, 5.41) is 2.92. The van der Waals surface area contributed by atoms with Crippen molar-refractivity contribution < 1.29 is 14.3 Å². The smallest absolute Gasteiger partial charge is 0.243 e. The van der Waals surface area contributed by atoms with E-state index in [1.807, 2.05) is 24.3 Å². The summed E-state index contributed by atoms with van der Waals surface area (Å²) in [6.07, 6.45) is 1.96. The Morgan fingerprint density at radius 3 is 3.00 bits per heavy atom. The van der Waals surface area contributed by atoms with Crippen molar-refractivity contribution in [2.24, 2.45) is 0 Å². The lowest BCUT2D eigenvalue weighted by atomic mass is 10.00. The van der Waals surface area contributed by atoms with Crippen LogP contribution in [0.1, 0.15) is 12.0 Å². The highest BCUT2D eigenvalue weighted by Gasteiger charge is 2.21. The molecular formula is C18H19N3O3. The fraction of sp³-hybridized carbons (Fsp3) is 0.278. The Morgan fingerprint density at radius 1 is 1.21 bits per heavy atom. The lowest BCUT2D eigenvalue weighted by molar-refractivity contribution is -0.115. The van der Waals surface area contributed by atoms with Gasteiger partial charge in [-0.3, -0.25) is 4.79 Å². The third-order valence-corrected chi connectivity index (χ3v) is 4.37. The fourth-order valence-corrected chi connectivity index (χ4v) is 3.24. The number of anilines is 3. The normalized spacial score (nSPS) is 15.1. The molecule has 2 aliphatic rings. The second kappa shape index (κ2) is 5.96. The zero-order valence-electron chi connectivity index (χ0n) is 13.2. The summed E-state index contributed by atoms with van der Waals surface area (Å²) in [6.45, 7) is 1.37. The number of carbonyl (C=O) groups excluding carboxylic acids is 1. The molecule has 0 saturated heterocycles. The molecular weight excluding hydrogens is 306 g/mol. The van der Waals surface area contributed by atoms with Crippen LogP contribution >= 0.6 is 0 Å². The molecule has 0 saturated carbocycles. The molecule has 1 amide bonds. The minimum Gasteiger partial charge on any atom is -0.454 e. The zero-order chi connectivity index (χ0) is 16.5. The Hall–Kier alpha value is -2.89. The summed E-state index contributed by atoms with van der Waals surface area (Å²) >= 11 is 0. The Morgan fingerprint density at radius 2 is 2.08 bits per heavy atom. The van der Waals surface area contributed by atoms with Gasteiger partial charge in [0.15, 0.2) is 11.5 Å². The number of amides is 1. The van der Waals surface area contributed by atoms with Gasteiger partial charge < -0.3 is 25.4 Å². The van der Waals surface area contributed by atoms with Crippen molar-refractivity contribution in [3.8, 4) is 11.5 Å². The van der Waals surface area contributed by atoms with Crippen molar-refractivity contribution in [2.75, 3.05) is 35.8 Å². The molecule has 2 aromatic rings. The summed E-state index contributed by atoms with van der Waals surface area (Å²) in [6, 6.07) is 11.3. The maximum atomic E-state index is 12.4. The van der Waals surface area contributed by atoms with E-state index in [1.54, 1.807) is 12.1 Å². The van der Waals surface area contributed by atoms with E-state index in [1.165, 1.54) is 0 Å². The quantitative estimate of drug-likeness (QED) is 0.847. The van der Waals surface area contributed by atoms with Gasteiger partial charge in [0.2, 0.25) is 12.7 Å². The lowest BCUT2D eigenvalue weighted by Gasteiger charge is -2.31. The van der Waals surface area contributed by atoms with Crippen LogP contribution in [0, 0.1) is 0 Å². The number of benzene rings is 2. The first-order valence-electron chi connectivity index (χ1n) is 8.02. The van der Waals surface area contributed by atoms with Crippen LogP contribution in [0.25, 0.3) is 0 Å². The lowest BCUT2D eigenvalue weighted by Crippen LogP contribution is -2.37. The number of fused-ring (bicyclic) bond motifs is 2. The van der Waals surface area contributed by atoms with E-state index in [0.29, 0.717) is 23.7 Å². The van der Waals surface area contributed by atoms with Crippen molar-refractivity contribution in [1.82, 2.24) is 0 Å². The van der Waals surface area contributed by atoms with Crippen LogP contribution in [0.2, 0.25) is 0 Å². The van der Waals surface area contributed by atoms with E-state index in [0.717, 1.165) is 36.3 Å². The highest BCUT2D eigenvalue weighted by molar-refractivity contribution is 5.94. The number of nitrogens with two attached hydrogens (primary N) is 1. The van der Waals surface area contributed by atoms with Gasteiger partial charge in [0.05, 0.1) is 6.54 Å². The Bertz CT molecular complexity index is 791. The zero-order valence-corrected chi connectivity index (χ0v) is 13.2. The number of carbonyl (C=O) groups is 1. The molecule has 0 unspecified atom stereocenters. The van der Waals surface area contributed by atoms with Gasteiger partial charge in [0.1, 0.15) is 0 Å². The number of nitrogens with zero attached hydrogens (tertiary/aromatic N) is 1. The molecule has 0 aliphatic carbocycles. The Kier molecular flexibility index (Phi) is 3.65. The molecule has 2 aromatic carbocycles. The van der Waals surface area contributed by atoms with Gasteiger partial charge in [-0.2, -0.15) is 0 Å². The topological polar surface area (TPSA) is 76.8 Å². The molecule has 6 nitrogen and oxygen atoms in total. The van der Waals surface area contributed by atoms with Crippen LogP contribution in [0.4, 0.5) is 17.1 Å². The first-order valence-corrected chi connectivity index (χ1v) is 8.02. The first-order chi connectivity index (χ1) is 11.7. The van der Waals surface area contributed by atoms with E-state index in [9.17, 15) is 4.79 Å². The van der Waals surface area contributed by atoms with Gasteiger partial charge in [0, 0.05) is 29.7 Å². The fourth-order valence-electron chi connectivity index (χ4n) is 3.24. The molecule has 0 radical (unpaired) electrons. The number of ether oxygens (including phenoxy) is 2. The molecule has 2 heterocycles. The molecule has 0 bridgehead atoms. The van der Waals surface area contributed by atoms with Crippen LogP contribution in [0.15, 0.2) is 36.4 Å². The minimum atomic E-state index is -0.0656. The summed E-state index contributed by atoms with van der Waals surface area (Å²) in [7, 11) is 0. The second-order valence-electron chi connectivity index (χ2n) is 5.99. The Balaban J connectivity index is 1.47. The molecule has 24 heavy (non-hydrogen) atoms. The van der Waals surface area contributed by atoms with Crippen molar-refractivity contribution in [1.29, 1.82) is 0 Å². The van der Waals surface area contributed by atoms with Gasteiger partial charge in [-0.15, -0.1) is 0 Å². The second-order valence-corrected chi connectivity index (χ2v) is 5.99. The Labute approximate surface area is 140 Å². The molecule has 2 aliphatic heterocycles. The van der Waals surface area contributed by atoms with Crippen LogP contribution in [0.5, 0.6) is 11.5 Å². The van der Waals surface area contributed by atoms with Crippen molar-refractivity contribution >= 4 is 23.0 Å². The number of nitrogens with one attached hydrogen (secondary N) is 1. The van der Waals surface area contributed by atoms with Gasteiger partial charge >= 0.3 is 0 Å². The molecule has 6 heteroatoms. The SMILES string of the molecule is Nc1cccc2c1CCCN2CC(=O)Nc1ccc2c(c1)OCO2. The van der Waals surface area contributed by atoms with E-state index >= 15 is 0 Å². The average Bonchev–Trinajstić information content (AvgIpc) is 3.03. The molecule has 4 rings (SSSR count). The molecule has 0 atom stereocenters. The average molecular weight is 325 g/mol. The number of hydrogen-bond donors (Lipinski definition) is 2. The van der Waals surface area contributed by atoms with Crippen molar-refractivity contribution in [3.05, 3.63) is 42.0 Å². The summed E-state index contributed by atoms with van der Waals surface area (Å²) in [5.74, 6) is 1.29. The maximum Gasteiger partial charge on any atom is 0.243 e. The third-order valence-electron chi connectivity index (χ3n) is 4.37. The van der Waals surface area contributed by atoms with Crippen molar-refractivity contribution in [3.63, 3.8) is 0 Å². The van der Waals surface area contributed by atoms with E-state index in [2.05, 4.69) is 10.2 Å². The van der Waals surface area contributed by atoms with Gasteiger partial charge in [-0.25, -0.2) is 0 Å². The van der Waals surface area contributed by atoms with Crippen LogP contribution < -0.4 is 25.4 Å². The standard InChI is InChI=1S/C18H19N3O3/c19-14-4-1-5-15-13(14)3-2-8-21(15)10-18(22)20-12-6-7-16-17(9-12)24-11-23-16/h1,4-7,9H,2-3,8,10-11,19H2,(H,20,22). The van der Waals surface area contributed by atoms with E-state index in [4.69, 9.17) is 15.2 Å². The van der Waals surface area contributed by atoms with E-state index < -0.39 is 0 Å². The summed E-state index contributed by atoms with van der Waals surface area (Å²) in [4.78, 5) is 14.5. The number of nitrogen functional groups attached to an aromatic ring is 1. The highest BCUT2D eigenvalue weighted by atomic mass is 16.7. The summed E-state index contributed by atoms with van der Waals surface area (Å²) in [5.41, 5.74) is 9.76. The number of hydrogen-bond acceptors (Lipinski definition) is 5. The van der Waals surface area contributed by atoms with Crippen LogP contribution in [0.3, 0.4) is 0 Å². The summed E-state index contributed by atoms with van der Waals surface area (Å²) < 4.78 is 10.6. The van der Waals surface area contributed by atoms with Crippen LogP contribution in [-0.4, -0.2) is 25.8 Å². The van der Waals surface area contributed by atoms with Gasteiger partial charge in [-0.1, -0.05) is 6.07 Å². The predicted octanol–water partition coefficient (Wildman–Crippen LogP) is 2.39. The van der Waals surface area contributed by atoms with Gasteiger partial charge in [0.25, 0.3) is 0 Å². The molecule has 0 spiro atoms.